The third-order valence-electron chi connectivity index (χ3n) is 1.18. The molecule has 0 aliphatic carbocycles. The van der Waals surface area contributed by atoms with Gasteiger partial charge in [-0.3, -0.25) is 4.79 Å². The Hall–Kier alpha value is -0.440. The molecule has 0 spiro atoms. The molecule has 1 rings (SSSR count). The Morgan fingerprint density at radius 2 is 1.69 bits per heavy atom. The number of hydrogen-bond acceptors (Lipinski definition) is 2. The number of carbonyl (C=O) groups is 1. The summed E-state index contributed by atoms with van der Waals surface area (Å²) in [5.74, 6) is -0.654. The molecule has 5 heteroatoms. The molecule has 0 fully saturated rings. The van der Waals surface area contributed by atoms with Crippen molar-refractivity contribution in [1.82, 2.24) is 0 Å². The van der Waals surface area contributed by atoms with E-state index in [-0.39, 0.29) is 15.8 Å². The SMILES string of the molecule is [CH2]C(=O)Oc1c(Cl)cc(Cl)cc1Cl. The van der Waals surface area contributed by atoms with E-state index in [9.17, 15) is 4.79 Å². The standard InChI is InChI=1S/C8H4Cl3O2/c1-4(12)13-8-6(10)2-5(9)3-7(8)11/h2-3H,1H2. The van der Waals surface area contributed by atoms with Crippen LogP contribution < -0.4 is 4.74 Å². The van der Waals surface area contributed by atoms with Gasteiger partial charge < -0.3 is 4.74 Å². The number of rotatable bonds is 1. The number of halogens is 3. The second-order valence-electron chi connectivity index (χ2n) is 2.17. The van der Waals surface area contributed by atoms with E-state index in [1.54, 1.807) is 0 Å². The van der Waals surface area contributed by atoms with E-state index in [0.29, 0.717) is 5.02 Å². The number of carbonyl (C=O) groups excluding carboxylic acids is 1. The van der Waals surface area contributed by atoms with E-state index in [0.717, 1.165) is 0 Å². The van der Waals surface area contributed by atoms with Crippen LogP contribution in [-0.2, 0) is 4.79 Å². The van der Waals surface area contributed by atoms with E-state index in [4.69, 9.17) is 34.8 Å². The molecule has 0 bridgehead atoms. The highest BCUT2D eigenvalue weighted by atomic mass is 35.5. The summed E-state index contributed by atoms with van der Waals surface area (Å²) < 4.78 is 4.66. The first-order chi connectivity index (χ1) is 6.00. The molecule has 13 heavy (non-hydrogen) atoms. The van der Waals surface area contributed by atoms with Crippen LogP contribution in [0.1, 0.15) is 0 Å². The summed E-state index contributed by atoms with van der Waals surface area (Å²) in [4.78, 5) is 10.5. The number of hydrogen-bond donors (Lipinski definition) is 0. The quantitative estimate of drug-likeness (QED) is 0.554. The third-order valence-corrected chi connectivity index (χ3v) is 1.96. The molecular formula is C8H4Cl3O2. The molecule has 0 atom stereocenters. The van der Waals surface area contributed by atoms with Crippen LogP contribution in [0.25, 0.3) is 0 Å². The van der Waals surface area contributed by atoms with Crippen molar-refractivity contribution in [3.05, 3.63) is 34.1 Å². The van der Waals surface area contributed by atoms with Crippen molar-refractivity contribution in [2.75, 3.05) is 0 Å². The lowest BCUT2D eigenvalue weighted by molar-refractivity contribution is -0.129. The van der Waals surface area contributed by atoms with Crippen molar-refractivity contribution >= 4 is 40.8 Å². The maximum atomic E-state index is 10.5. The van der Waals surface area contributed by atoms with Crippen molar-refractivity contribution in [1.29, 1.82) is 0 Å². The van der Waals surface area contributed by atoms with Gasteiger partial charge in [-0.2, -0.15) is 0 Å². The van der Waals surface area contributed by atoms with Gasteiger partial charge in [0.15, 0.2) is 5.75 Å². The molecule has 1 aromatic carbocycles. The Morgan fingerprint density at radius 1 is 1.23 bits per heavy atom. The highest BCUT2D eigenvalue weighted by Gasteiger charge is 2.10. The Balaban J connectivity index is 3.13. The van der Waals surface area contributed by atoms with Gasteiger partial charge in [-0.1, -0.05) is 34.8 Å². The molecule has 0 heterocycles. The monoisotopic (exact) mass is 237 g/mol. The first-order valence-electron chi connectivity index (χ1n) is 3.19. The van der Waals surface area contributed by atoms with Gasteiger partial charge in [-0.15, -0.1) is 0 Å². The Morgan fingerprint density at radius 3 is 2.08 bits per heavy atom. The van der Waals surface area contributed by atoms with Crippen molar-refractivity contribution in [2.24, 2.45) is 0 Å². The normalized spacial score (nSPS) is 9.85. The van der Waals surface area contributed by atoms with E-state index in [2.05, 4.69) is 11.7 Å². The minimum Gasteiger partial charge on any atom is -0.423 e. The third kappa shape index (κ3) is 2.76. The number of ether oxygens (including phenoxy) is 1. The first-order valence-corrected chi connectivity index (χ1v) is 4.32. The summed E-state index contributed by atoms with van der Waals surface area (Å²) in [6.07, 6.45) is 0. The van der Waals surface area contributed by atoms with Gasteiger partial charge in [0.25, 0.3) is 0 Å². The second kappa shape index (κ2) is 4.18. The summed E-state index contributed by atoms with van der Waals surface area (Å²) >= 11 is 17.0. The van der Waals surface area contributed by atoms with Crippen LogP contribution in [0.4, 0.5) is 0 Å². The van der Waals surface area contributed by atoms with Gasteiger partial charge in [-0.25, -0.2) is 0 Å². The van der Waals surface area contributed by atoms with E-state index >= 15 is 0 Å². The second-order valence-corrected chi connectivity index (χ2v) is 3.42. The lowest BCUT2D eigenvalue weighted by Crippen LogP contribution is -2.02. The average Bonchev–Trinajstić information content (AvgIpc) is 1.96. The molecule has 0 aliphatic rings. The smallest absolute Gasteiger partial charge is 0.311 e. The van der Waals surface area contributed by atoms with Gasteiger partial charge in [0.1, 0.15) is 0 Å². The van der Waals surface area contributed by atoms with Crippen molar-refractivity contribution in [3.63, 3.8) is 0 Å². The largest absolute Gasteiger partial charge is 0.423 e. The summed E-state index contributed by atoms with van der Waals surface area (Å²) in [5, 5.41) is 0.725. The lowest BCUT2D eigenvalue weighted by atomic mass is 10.3. The fourth-order valence-electron chi connectivity index (χ4n) is 0.740. The number of esters is 1. The molecule has 1 radical (unpaired) electrons. The van der Waals surface area contributed by atoms with Crippen LogP contribution in [-0.4, -0.2) is 5.97 Å². The average molecular weight is 238 g/mol. The summed E-state index contributed by atoms with van der Waals surface area (Å²) in [6, 6.07) is 2.85. The van der Waals surface area contributed by atoms with E-state index < -0.39 is 5.97 Å². The molecule has 0 aromatic heterocycles. The zero-order valence-electron chi connectivity index (χ0n) is 6.31. The van der Waals surface area contributed by atoms with Crippen LogP contribution in [0.3, 0.4) is 0 Å². The lowest BCUT2D eigenvalue weighted by Gasteiger charge is -2.05. The predicted molar refractivity (Wildman–Crippen MR) is 52.5 cm³/mol. The van der Waals surface area contributed by atoms with Gasteiger partial charge in [0.05, 0.1) is 17.0 Å². The van der Waals surface area contributed by atoms with Crippen LogP contribution in [0.15, 0.2) is 12.1 Å². The molecule has 0 amide bonds. The molecule has 2 nitrogen and oxygen atoms in total. The molecule has 0 N–H and O–H groups in total. The minimum absolute atomic E-state index is 0.0766. The van der Waals surface area contributed by atoms with Crippen LogP contribution in [0.5, 0.6) is 5.75 Å². The summed E-state index contributed by atoms with van der Waals surface area (Å²) in [5.41, 5.74) is 0. The van der Waals surface area contributed by atoms with E-state index in [1.807, 2.05) is 0 Å². The fraction of sp³-hybridized carbons (Fsp3) is 0. The highest BCUT2D eigenvalue weighted by molar-refractivity contribution is 6.40. The van der Waals surface area contributed by atoms with Crippen molar-refractivity contribution in [3.8, 4) is 5.75 Å². The Kier molecular flexibility index (Phi) is 3.42. The zero-order chi connectivity index (χ0) is 10.0. The molecular weight excluding hydrogens is 234 g/mol. The van der Waals surface area contributed by atoms with Crippen LogP contribution in [0.2, 0.25) is 15.1 Å². The number of benzene rings is 1. The zero-order valence-corrected chi connectivity index (χ0v) is 8.58. The molecule has 69 valence electrons. The molecule has 0 unspecified atom stereocenters. The van der Waals surface area contributed by atoms with Crippen molar-refractivity contribution in [2.45, 2.75) is 0 Å². The topological polar surface area (TPSA) is 26.3 Å². The maximum absolute atomic E-state index is 10.5. The molecule has 0 aliphatic heterocycles. The molecule has 0 saturated heterocycles. The summed E-state index contributed by atoms with van der Waals surface area (Å²) in [6.45, 7) is 3.03. The van der Waals surface area contributed by atoms with Crippen LogP contribution >= 0.6 is 34.8 Å². The molecule has 0 saturated carbocycles. The van der Waals surface area contributed by atoms with Gasteiger partial charge in [-0.05, 0) is 12.1 Å². The minimum atomic E-state index is -0.730. The predicted octanol–water partition coefficient (Wildman–Crippen LogP) is 3.39. The fourth-order valence-corrected chi connectivity index (χ4v) is 1.63. The Bertz CT molecular complexity index is 326. The van der Waals surface area contributed by atoms with Gasteiger partial charge in [0.2, 0.25) is 0 Å². The van der Waals surface area contributed by atoms with Crippen LogP contribution in [0, 0.1) is 6.92 Å². The Labute approximate surface area is 90.3 Å². The van der Waals surface area contributed by atoms with Crippen molar-refractivity contribution < 1.29 is 9.53 Å². The van der Waals surface area contributed by atoms with E-state index in [1.165, 1.54) is 12.1 Å². The first kappa shape index (κ1) is 10.6. The highest BCUT2D eigenvalue weighted by Crippen LogP contribution is 2.35. The van der Waals surface area contributed by atoms with Gasteiger partial charge in [0, 0.05) is 5.02 Å². The molecule has 1 aromatic rings. The maximum Gasteiger partial charge on any atom is 0.311 e. The van der Waals surface area contributed by atoms with Gasteiger partial charge >= 0.3 is 5.97 Å². The summed E-state index contributed by atoms with van der Waals surface area (Å²) in [7, 11) is 0.